The first-order valence-electron chi connectivity index (χ1n) is 4.92. The Hall–Kier alpha value is -1.99. The SMILES string of the molecule is N#Cc1ccc(Sc2ccc(N)c(F)c2)cc1. The molecule has 0 spiro atoms. The molecule has 0 aliphatic carbocycles. The predicted octanol–water partition coefficient (Wildman–Crippen LogP) is 3.43. The van der Waals surface area contributed by atoms with Crippen LogP contribution in [0, 0.1) is 17.1 Å². The lowest BCUT2D eigenvalue weighted by molar-refractivity contribution is 0.629. The van der Waals surface area contributed by atoms with Crippen molar-refractivity contribution in [2.24, 2.45) is 0 Å². The van der Waals surface area contributed by atoms with Crippen molar-refractivity contribution in [2.75, 3.05) is 5.73 Å². The molecule has 0 amide bonds. The van der Waals surface area contributed by atoms with Crippen LogP contribution in [0.15, 0.2) is 52.3 Å². The molecule has 0 aliphatic heterocycles. The van der Waals surface area contributed by atoms with Gasteiger partial charge in [-0.1, -0.05) is 11.8 Å². The van der Waals surface area contributed by atoms with Gasteiger partial charge in [-0.25, -0.2) is 4.39 Å². The normalized spacial score (nSPS) is 9.88. The van der Waals surface area contributed by atoms with Crippen LogP contribution >= 0.6 is 11.8 Å². The second-order valence-corrected chi connectivity index (χ2v) is 4.57. The van der Waals surface area contributed by atoms with Crippen molar-refractivity contribution in [2.45, 2.75) is 9.79 Å². The zero-order valence-corrected chi connectivity index (χ0v) is 9.67. The Morgan fingerprint density at radius 1 is 1.06 bits per heavy atom. The summed E-state index contributed by atoms with van der Waals surface area (Å²) in [5.74, 6) is -0.413. The van der Waals surface area contributed by atoms with Gasteiger partial charge in [-0.3, -0.25) is 0 Å². The number of halogens is 1. The summed E-state index contributed by atoms with van der Waals surface area (Å²) in [6.45, 7) is 0. The lowest BCUT2D eigenvalue weighted by Gasteiger charge is -2.03. The summed E-state index contributed by atoms with van der Waals surface area (Å²) >= 11 is 1.42. The van der Waals surface area contributed by atoms with E-state index in [0.717, 1.165) is 9.79 Å². The highest BCUT2D eigenvalue weighted by molar-refractivity contribution is 7.99. The summed E-state index contributed by atoms with van der Waals surface area (Å²) < 4.78 is 13.2. The van der Waals surface area contributed by atoms with Gasteiger partial charge in [0, 0.05) is 9.79 Å². The van der Waals surface area contributed by atoms with Gasteiger partial charge in [-0.2, -0.15) is 5.26 Å². The van der Waals surface area contributed by atoms with Gasteiger partial charge in [-0.05, 0) is 42.5 Å². The second-order valence-electron chi connectivity index (χ2n) is 3.42. The smallest absolute Gasteiger partial charge is 0.147 e. The van der Waals surface area contributed by atoms with Gasteiger partial charge >= 0.3 is 0 Å². The van der Waals surface area contributed by atoms with E-state index in [9.17, 15) is 4.39 Å². The van der Waals surface area contributed by atoms with E-state index in [1.807, 2.05) is 18.2 Å². The Morgan fingerprint density at radius 2 is 1.71 bits per heavy atom. The van der Waals surface area contributed by atoms with E-state index in [0.29, 0.717) is 5.56 Å². The van der Waals surface area contributed by atoms with Gasteiger partial charge < -0.3 is 5.73 Å². The number of nitrogens with zero attached hydrogens (tertiary/aromatic N) is 1. The molecule has 2 N–H and O–H groups in total. The third-order valence-corrected chi connectivity index (χ3v) is 3.19. The number of rotatable bonds is 2. The first-order valence-corrected chi connectivity index (χ1v) is 5.74. The van der Waals surface area contributed by atoms with Gasteiger partial charge in [-0.15, -0.1) is 0 Å². The van der Waals surface area contributed by atoms with Crippen LogP contribution in [0.5, 0.6) is 0 Å². The maximum atomic E-state index is 13.2. The molecule has 17 heavy (non-hydrogen) atoms. The molecule has 0 bridgehead atoms. The lowest BCUT2D eigenvalue weighted by Crippen LogP contribution is -1.89. The van der Waals surface area contributed by atoms with Crippen molar-refractivity contribution < 1.29 is 4.39 Å². The number of nitrogen functional groups attached to an aromatic ring is 1. The molecule has 4 heteroatoms. The van der Waals surface area contributed by atoms with E-state index >= 15 is 0 Å². The summed E-state index contributed by atoms with van der Waals surface area (Å²) in [6, 6.07) is 13.9. The highest BCUT2D eigenvalue weighted by atomic mass is 32.2. The minimum absolute atomic E-state index is 0.147. The summed E-state index contributed by atoms with van der Waals surface area (Å²) in [5.41, 5.74) is 6.16. The molecule has 2 rings (SSSR count). The highest BCUT2D eigenvalue weighted by Crippen LogP contribution is 2.29. The van der Waals surface area contributed by atoms with Crippen molar-refractivity contribution in [1.29, 1.82) is 5.26 Å². The van der Waals surface area contributed by atoms with E-state index in [-0.39, 0.29) is 5.69 Å². The van der Waals surface area contributed by atoms with E-state index < -0.39 is 5.82 Å². The van der Waals surface area contributed by atoms with E-state index in [2.05, 4.69) is 0 Å². The van der Waals surface area contributed by atoms with Crippen molar-refractivity contribution >= 4 is 17.4 Å². The minimum Gasteiger partial charge on any atom is -0.396 e. The molecule has 0 radical (unpaired) electrons. The van der Waals surface area contributed by atoms with Crippen LogP contribution in [0.3, 0.4) is 0 Å². The molecule has 0 fully saturated rings. The average Bonchev–Trinajstić information content (AvgIpc) is 2.35. The number of nitrogens with two attached hydrogens (primary N) is 1. The largest absolute Gasteiger partial charge is 0.396 e. The molecule has 0 saturated carbocycles. The van der Waals surface area contributed by atoms with Gasteiger partial charge in [0.25, 0.3) is 0 Å². The topological polar surface area (TPSA) is 49.8 Å². The zero-order valence-electron chi connectivity index (χ0n) is 8.85. The molecule has 0 atom stereocenters. The molecule has 2 aromatic carbocycles. The first kappa shape index (κ1) is 11.5. The van der Waals surface area contributed by atoms with Crippen LogP contribution < -0.4 is 5.73 Å². The fraction of sp³-hybridized carbons (Fsp3) is 0. The molecule has 0 saturated heterocycles. The number of anilines is 1. The third kappa shape index (κ3) is 2.77. The van der Waals surface area contributed by atoms with Gasteiger partial charge in [0.05, 0.1) is 17.3 Å². The van der Waals surface area contributed by atoms with E-state index in [4.69, 9.17) is 11.0 Å². The predicted molar refractivity (Wildman–Crippen MR) is 66.1 cm³/mol. The third-order valence-electron chi connectivity index (χ3n) is 2.19. The summed E-state index contributed by atoms with van der Waals surface area (Å²) in [4.78, 5) is 1.73. The maximum Gasteiger partial charge on any atom is 0.147 e. The Bertz CT molecular complexity index is 573. The molecular formula is C13H9FN2S. The van der Waals surface area contributed by atoms with Gasteiger partial charge in [0.1, 0.15) is 5.82 Å². The number of hydrogen-bond acceptors (Lipinski definition) is 3. The highest BCUT2D eigenvalue weighted by Gasteiger charge is 2.02. The molecule has 0 aliphatic rings. The summed E-state index contributed by atoms with van der Waals surface area (Å²) in [5, 5.41) is 8.66. The van der Waals surface area contributed by atoms with Crippen LogP contribution in [-0.4, -0.2) is 0 Å². The van der Waals surface area contributed by atoms with Crippen molar-refractivity contribution in [3.8, 4) is 6.07 Å². The second kappa shape index (κ2) is 4.89. The standard InChI is InChI=1S/C13H9FN2S/c14-12-7-11(5-6-13(12)16)17-10-3-1-9(8-15)2-4-10/h1-7H,16H2. The molecule has 0 unspecified atom stereocenters. The summed E-state index contributed by atoms with van der Waals surface area (Å²) in [6.07, 6.45) is 0. The first-order chi connectivity index (χ1) is 8.19. The molecule has 0 aromatic heterocycles. The lowest BCUT2D eigenvalue weighted by atomic mass is 10.2. The number of nitriles is 1. The Balaban J connectivity index is 2.20. The van der Waals surface area contributed by atoms with Gasteiger partial charge in [0.2, 0.25) is 0 Å². The quantitative estimate of drug-likeness (QED) is 0.823. The van der Waals surface area contributed by atoms with Crippen LogP contribution in [0.1, 0.15) is 5.56 Å². The fourth-order valence-electron chi connectivity index (χ4n) is 1.30. The molecule has 2 nitrogen and oxygen atoms in total. The van der Waals surface area contributed by atoms with E-state index in [1.165, 1.54) is 17.8 Å². The summed E-state index contributed by atoms with van der Waals surface area (Å²) in [7, 11) is 0. The van der Waals surface area contributed by atoms with Crippen LogP contribution in [-0.2, 0) is 0 Å². The van der Waals surface area contributed by atoms with Crippen molar-refractivity contribution in [3.05, 3.63) is 53.8 Å². The number of hydrogen-bond donors (Lipinski definition) is 1. The molecular weight excluding hydrogens is 235 g/mol. The maximum absolute atomic E-state index is 13.2. The Morgan fingerprint density at radius 3 is 2.29 bits per heavy atom. The van der Waals surface area contributed by atoms with Crippen molar-refractivity contribution in [1.82, 2.24) is 0 Å². The van der Waals surface area contributed by atoms with E-state index in [1.54, 1.807) is 24.3 Å². The number of benzene rings is 2. The monoisotopic (exact) mass is 244 g/mol. The zero-order chi connectivity index (χ0) is 12.3. The van der Waals surface area contributed by atoms with Crippen LogP contribution in [0.25, 0.3) is 0 Å². The van der Waals surface area contributed by atoms with Crippen LogP contribution in [0.2, 0.25) is 0 Å². The van der Waals surface area contributed by atoms with Crippen LogP contribution in [0.4, 0.5) is 10.1 Å². The fourth-order valence-corrected chi connectivity index (χ4v) is 2.15. The molecule has 84 valence electrons. The van der Waals surface area contributed by atoms with Crippen molar-refractivity contribution in [3.63, 3.8) is 0 Å². The Labute approximate surface area is 103 Å². The molecule has 0 heterocycles. The molecule has 2 aromatic rings. The Kier molecular flexibility index (Phi) is 3.31. The minimum atomic E-state index is -0.413. The average molecular weight is 244 g/mol. The van der Waals surface area contributed by atoms with Gasteiger partial charge in [0.15, 0.2) is 0 Å².